The molecule has 0 radical (unpaired) electrons. The lowest BCUT2D eigenvalue weighted by Gasteiger charge is -2.35. The van der Waals surface area contributed by atoms with Gasteiger partial charge in [0.25, 0.3) is 0 Å². The number of fused-ring (bicyclic) bond motifs is 1. The monoisotopic (exact) mass is 267 g/mol. The Labute approximate surface area is 120 Å². The molecule has 1 atom stereocenters. The van der Waals surface area contributed by atoms with Crippen LogP contribution in [0.2, 0.25) is 0 Å². The van der Waals surface area contributed by atoms with Crippen molar-refractivity contribution in [1.82, 2.24) is 10.3 Å². The number of hydrogen-bond donors (Lipinski definition) is 1. The number of nitrogens with one attached hydrogen (secondary N) is 1. The van der Waals surface area contributed by atoms with E-state index in [1.165, 1.54) is 42.1 Å². The number of anilines is 1. The summed E-state index contributed by atoms with van der Waals surface area (Å²) >= 11 is 0. The number of benzene rings is 1. The fraction of sp³-hybridized carbons (Fsp3) is 0.471. The average molecular weight is 267 g/mol. The van der Waals surface area contributed by atoms with Gasteiger partial charge < -0.3 is 10.2 Å². The van der Waals surface area contributed by atoms with Crippen LogP contribution >= 0.6 is 0 Å². The summed E-state index contributed by atoms with van der Waals surface area (Å²) in [5.41, 5.74) is 1.35. The molecular weight excluding hydrogens is 246 g/mol. The highest BCUT2D eigenvalue weighted by atomic mass is 15.2. The molecule has 1 aromatic heterocycles. The van der Waals surface area contributed by atoms with Crippen LogP contribution in [0.4, 0.5) is 5.69 Å². The van der Waals surface area contributed by atoms with Crippen molar-refractivity contribution in [2.45, 2.75) is 37.8 Å². The number of nitrogens with zero attached hydrogens (tertiary/aromatic N) is 2. The van der Waals surface area contributed by atoms with Gasteiger partial charge in [0, 0.05) is 48.6 Å². The zero-order chi connectivity index (χ0) is 13.4. The lowest BCUT2D eigenvalue weighted by molar-refractivity contribution is 0.421. The van der Waals surface area contributed by atoms with Crippen molar-refractivity contribution in [3.05, 3.63) is 36.7 Å². The van der Waals surface area contributed by atoms with Gasteiger partial charge in [0.2, 0.25) is 0 Å². The lowest BCUT2D eigenvalue weighted by Crippen LogP contribution is -2.46. The van der Waals surface area contributed by atoms with Crippen molar-refractivity contribution in [3.8, 4) is 0 Å². The van der Waals surface area contributed by atoms with Gasteiger partial charge in [-0.1, -0.05) is 12.1 Å². The smallest absolute Gasteiger partial charge is 0.0462 e. The molecule has 2 heterocycles. The van der Waals surface area contributed by atoms with Crippen molar-refractivity contribution in [3.63, 3.8) is 0 Å². The van der Waals surface area contributed by atoms with Gasteiger partial charge in [-0.25, -0.2) is 0 Å². The summed E-state index contributed by atoms with van der Waals surface area (Å²) in [5.74, 6) is 0. The largest absolute Gasteiger partial charge is 0.369 e. The summed E-state index contributed by atoms with van der Waals surface area (Å²) in [6.45, 7) is 2.29. The number of aromatic nitrogens is 1. The Hall–Kier alpha value is -1.61. The molecule has 1 aliphatic heterocycles. The maximum atomic E-state index is 4.30. The van der Waals surface area contributed by atoms with E-state index in [1.807, 2.05) is 12.4 Å². The quantitative estimate of drug-likeness (QED) is 0.926. The maximum absolute atomic E-state index is 4.30. The number of hydrogen-bond acceptors (Lipinski definition) is 3. The molecule has 4 rings (SSSR count). The first-order valence-corrected chi connectivity index (χ1v) is 7.74. The SMILES string of the molecule is c1cc(N2CCCC(NC3CC3)C2)c2cnccc2c1. The number of rotatable bonds is 3. The standard InChI is InChI=1S/C17H21N3/c1-3-13-8-9-18-11-16(13)17(5-1)20-10-2-4-15(12-20)19-14-6-7-14/h1,3,5,8-9,11,14-15,19H,2,4,6-7,10,12H2. The van der Waals surface area contributed by atoms with Crippen molar-refractivity contribution < 1.29 is 0 Å². The Morgan fingerprint density at radius 2 is 2.05 bits per heavy atom. The van der Waals surface area contributed by atoms with E-state index in [-0.39, 0.29) is 0 Å². The van der Waals surface area contributed by atoms with Crippen LogP contribution in [0.15, 0.2) is 36.7 Å². The van der Waals surface area contributed by atoms with Gasteiger partial charge in [-0.05, 0) is 43.2 Å². The predicted molar refractivity (Wildman–Crippen MR) is 83.1 cm³/mol. The van der Waals surface area contributed by atoms with E-state index in [2.05, 4.69) is 39.5 Å². The third-order valence-corrected chi connectivity index (χ3v) is 4.47. The van der Waals surface area contributed by atoms with Gasteiger partial charge in [-0.2, -0.15) is 0 Å². The number of pyridine rings is 1. The van der Waals surface area contributed by atoms with Crippen LogP contribution < -0.4 is 10.2 Å². The third-order valence-electron chi connectivity index (χ3n) is 4.47. The molecule has 0 spiro atoms. The van der Waals surface area contributed by atoms with Gasteiger partial charge in [0.15, 0.2) is 0 Å². The van der Waals surface area contributed by atoms with Gasteiger partial charge >= 0.3 is 0 Å². The van der Waals surface area contributed by atoms with Crippen molar-refractivity contribution in [2.24, 2.45) is 0 Å². The van der Waals surface area contributed by atoms with Crippen molar-refractivity contribution in [1.29, 1.82) is 0 Å². The first kappa shape index (κ1) is 12.2. The summed E-state index contributed by atoms with van der Waals surface area (Å²) in [4.78, 5) is 6.84. The van der Waals surface area contributed by atoms with Gasteiger partial charge in [-0.3, -0.25) is 4.98 Å². The summed E-state index contributed by atoms with van der Waals surface area (Å²) < 4.78 is 0. The molecule has 2 aromatic rings. The molecule has 0 bridgehead atoms. The Kier molecular flexibility index (Phi) is 3.07. The molecule has 3 heteroatoms. The molecule has 1 aliphatic carbocycles. The Morgan fingerprint density at radius 1 is 1.10 bits per heavy atom. The molecule has 0 amide bonds. The molecule has 2 fully saturated rings. The minimum atomic E-state index is 0.656. The van der Waals surface area contributed by atoms with Crippen LogP contribution in [0.1, 0.15) is 25.7 Å². The summed E-state index contributed by atoms with van der Waals surface area (Å²) in [6.07, 6.45) is 9.21. The second-order valence-corrected chi connectivity index (χ2v) is 6.10. The van der Waals surface area contributed by atoms with E-state index in [0.717, 1.165) is 19.1 Å². The Morgan fingerprint density at radius 3 is 2.95 bits per heavy atom. The zero-order valence-electron chi connectivity index (χ0n) is 11.8. The minimum absolute atomic E-state index is 0.656. The predicted octanol–water partition coefficient (Wildman–Crippen LogP) is 2.96. The fourth-order valence-corrected chi connectivity index (χ4v) is 3.29. The molecule has 2 aliphatic rings. The molecule has 1 aromatic carbocycles. The van der Waals surface area contributed by atoms with Crippen LogP contribution in [0, 0.1) is 0 Å². The van der Waals surface area contributed by atoms with E-state index in [1.54, 1.807) is 0 Å². The average Bonchev–Trinajstić information content (AvgIpc) is 3.31. The van der Waals surface area contributed by atoms with Crippen LogP contribution in [-0.2, 0) is 0 Å². The topological polar surface area (TPSA) is 28.2 Å². The highest BCUT2D eigenvalue weighted by Gasteiger charge is 2.28. The van der Waals surface area contributed by atoms with Crippen LogP contribution in [0.5, 0.6) is 0 Å². The molecule has 1 unspecified atom stereocenters. The van der Waals surface area contributed by atoms with Crippen molar-refractivity contribution in [2.75, 3.05) is 18.0 Å². The van der Waals surface area contributed by atoms with Crippen LogP contribution in [0.3, 0.4) is 0 Å². The first-order valence-electron chi connectivity index (χ1n) is 7.74. The van der Waals surface area contributed by atoms with E-state index in [0.29, 0.717) is 6.04 Å². The minimum Gasteiger partial charge on any atom is -0.369 e. The van der Waals surface area contributed by atoms with Crippen LogP contribution in [0.25, 0.3) is 10.8 Å². The van der Waals surface area contributed by atoms with Gasteiger partial charge in [-0.15, -0.1) is 0 Å². The molecule has 20 heavy (non-hydrogen) atoms. The van der Waals surface area contributed by atoms with Gasteiger partial charge in [0.05, 0.1) is 0 Å². The van der Waals surface area contributed by atoms with Crippen LogP contribution in [-0.4, -0.2) is 30.2 Å². The van der Waals surface area contributed by atoms with Crippen molar-refractivity contribution >= 4 is 16.5 Å². The Bertz CT molecular complexity index is 601. The van der Waals surface area contributed by atoms with E-state index in [4.69, 9.17) is 0 Å². The molecule has 3 nitrogen and oxygen atoms in total. The summed E-state index contributed by atoms with van der Waals surface area (Å²) in [5, 5.41) is 6.35. The Balaban J connectivity index is 1.61. The second-order valence-electron chi connectivity index (χ2n) is 6.10. The second kappa shape index (κ2) is 5.06. The normalized spacial score (nSPS) is 23.2. The highest BCUT2D eigenvalue weighted by molar-refractivity contribution is 5.93. The molecular formula is C17H21N3. The van der Waals surface area contributed by atoms with E-state index >= 15 is 0 Å². The summed E-state index contributed by atoms with van der Waals surface area (Å²) in [7, 11) is 0. The molecule has 104 valence electrons. The molecule has 1 N–H and O–H groups in total. The van der Waals surface area contributed by atoms with E-state index < -0.39 is 0 Å². The third kappa shape index (κ3) is 2.38. The zero-order valence-corrected chi connectivity index (χ0v) is 11.8. The fourth-order valence-electron chi connectivity index (χ4n) is 3.29. The molecule has 1 saturated carbocycles. The highest BCUT2D eigenvalue weighted by Crippen LogP contribution is 2.29. The summed E-state index contributed by atoms with van der Waals surface area (Å²) in [6, 6.07) is 10.1. The van der Waals surface area contributed by atoms with E-state index in [9.17, 15) is 0 Å². The lowest BCUT2D eigenvalue weighted by atomic mass is 10.0. The van der Waals surface area contributed by atoms with Gasteiger partial charge in [0.1, 0.15) is 0 Å². The maximum Gasteiger partial charge on any atom is 0.0462 e. The molecule has 1 saturated heterocycles. The number of piperidine rings is 1. The first-order chi connectivity index (χ1) is 9.90.